The Morgan fingerprint density at radius 2 is 1.88 bits per heavy atom. The van der Waals surface area contributed by atoms with E-state index < -0.39 is 15.9 Å². The summed E-state index contributed by atoms with van der Waals surface area (Å²) in [5.41, 5.74) is 3.98. The third kappa shape index (κ3) is 4.91. The van der Waals surface area contributed by atoms with Gasteiger partial charge in [-0.3, -0.25) is 9.59 Å². The zero-order valence-electron chi connectivity index (χ0n) is 19.4. The molecule has 178 valence electrons. The maximum atomic E-state index is 13.2. The summed E-state index contributed by atoms with van der Waals surface area (Å²) < 4.78 is 27.9. The molecule has 4 rings (SSSR count). The summed E-state index contributed by atoms with van der Waals surface area (Å²) in [6, 6.07) is 13.6. The van der Waals surface area contributed by atoms with Gasteiger partial charge in [0.1, 0.15) is 0 Å². The van der Waals surface area contributed by atoms with Crippen molar-refractivity contribution < 1.29 is 18.0 Å². The first-order valence-electron chi connectivity index (χ1n) is 10.9. The van der Waals surface area contributed by atoms with Crippen LogP contribution in [0.15, 0.2) is 58.8 Å². The number of nitrogens with one attached hydrogen (secondary N) is 1. The summed E-state index contributed by atoms with van der Waals surface area (Å²) >= 11 is 1.65. The van der Waals surface area contributed by atoms with E-state index in [1.54, 1.807) is 23.5 Å². The van der Waals surface area contributed by atoms with Crippen LogP contribution in [-0.4, -0.2) is 49.6 Å². The monoisotopic (exact) mass is 497 g/mol. The molecule has 0 saturated carbocycles. The Kier molecular flexibility index (Phi) is 6.88. The Morgan fingerprint density at radius 3 is 2.68 bits per heavy atom. The molecular formula is C25H27N3O4S2. The number of likely N-dealkylation sites (N-methyl/N-ethyl adjacent to an activating group) is 1. The van der Waals surface area contributed by atoms with E-state index in [1.807, 2.05) is 43.5 Å². The number of benzene rings is 2. The lowest BCUT2D eigenvalue weighted by molar-refractivity contribution is -0.116. The molecule has 2 amide bonds. The number of sulfonamides is 1. The van der Waals surface area contributed by atoms with Crippen LogP contribution in [0.3, 0.4) is 0 Å². The average Bonchev–Trinajstić information content (AvgIpc) is 3.29. The van der Waals surface area contributed by atoms with Gasteiger partial charge < -0.3 is 10.2 Å². The maximum absolute atomic E-state index is 13.2. The topological polar surface area (TPSA) is 86.8 Å². The van der Waals surface area contributed by atoms with E-state index >= 15 is 0 Å². The normalized spacial score (nSPS) is 13.9. The molecule has 0 spiro atoms. The minimum Gasteiger partial charge on any atom is -0.332 e. The van der Waals surface area contributed by atoms with Crippen molar-refractivity contribution in [2.75, 3.05) is 25.5 Å². The number of amides is 2. The Labute approximate surface area is 204 Å². The van der Waals surface area contributed by atoms with Gasteiger partial charge in [-0.15, -0.1) is 11.3 Å². The van der Waals surface area contributed by atoms with Crippen molar-refractivity contribution in [2.45, 2.75) is 31.7 Å². The predicted molar refractivity (Wildman–Crippen MR) is 134 cm³/mol. The van der Waals surface area contributed by atoms with Crippen LogP contribution in [0.25, 0.3) is 0 Å². The fraction of sp³-hybridized carbons (Fsp3) is 0.280. The van der Waals surface area contributed by atoms with E-state index in [0.29, 0.717) is 25.2 Å². The molecule has 9 heteroatoms. The molecule has 1 aliphatic rings. The molecule has 1 aromatic heterocycles. The molecule has 1 aliphatic heterocycles. The van der Waals surface area contributed by atoms with Crippen LogP contribution in [-0.2, 0) is 27.8 Å². The van der Waals surface area contributed by atoms with E-state index in [4.69, 9.17) is 0 Å². The van der Waals surface area contributed by atoms with E-state index in [0.717, 1.165) is 16.7 Å². The standard InChI is InChI=1S/C25H27N3O4S2/c1-17-6-4-9-22(18(17)2)26-24(29)16-27(3)25(30)19-7-5-8-21(14-19)34(31,32)28-12-10-23-20(15-28)11-13-33-23/h4-9,11,13-14H,10,12,15-16H2,1-3H3,(H,26,29). The van der Waals surface area contributed by atoms with Crippen molar-refractivity contribution >= 4 is 38.9 Å². The van der Waals surface area contributed by atoms with Crippen molar-refractivity contribution in [3.8, 4) is 0 Å². The van der Waals surface area contributed by atoms with Crippen LogP contribution in [0, 0.1) is 13.8 Å². The Bertz CT molecular complexity index is 1350. The molecule has 7 nitrogen and oxygen atoms in total. The first-order chi connectivity index (χ1) is 16.2. The third-order valence-corrected chi connectivity index (χ3v) is 8.96. The van der Waals surface area contributed by atoms with E-state index in [9.17, 15) is 18.0 Å². The second-order valence-electron chi connectivity index (χ2n) is 8.44. The molecule has 2 aromatic carbocycles. The highest BCUT2D eigenvalue weighted by Gasteiger charge is 2.29. The lowest BCUT2D eigenvalue weighted by Crippen LogP contribution is -2.36. The van der Waals surface area contributed by atoms with E-state index in [1.165, 1.54) is 33.3 Å². The second-order valence-corrected chi connectivity index (χ2v) is 11.4. The predicted octanol–water partition coefficient (Wildman–Crippen LogP) is 3.82. The molecule has 0 bridgehead atoms. The Hall–Kier alpha value is -3.01. The van der Waals surface area contributed by atoms with Gasteiger partial charge in [0.05, 0.1) is 11.4 Å². The first kappa shape index (κ1) is 24.1. The summed E-state index contributed by atoms with van der Waals surface area (Å²) in [7, 11) is -2.23. The average molecular weight is 498 g/mol. The number of rotatable bonds is 6. The lowest BCUT2D eigenvalue weighted by Gasteiger charge is -2.26. The maximum Gasteiger partial charge on any atom is 0.254 e. The van der Waals surface area contributed by atoms with Crippen molar-refractivity contribution in [1.82, 2.24) is 9.21 Å². The van der Waals surface area contributed by atoms with Crippen molar-refractivity contribution in [2.24, 2.45) is 0 Å². The van der Waals surface area contributed by atoms with Gasteiger partial charge in [-0.1, -0.05) is 18.2 Å². The summed E-state index contributed by atoms with van der Waals surface area (Å²) in [5.74, 6) is -0.750. The number of hydrogen-bond donors (Lipinski definition) is 1. The molecule has 0 radical (unpaired) electrons. The minimum absolute atomic E-state index is 0.0743. The summed E-state index contributed by atoms with van der Waals surface area (Å²) in [4.78, 5) is 28.1. The van der Waals surface area contributed by atoms with Gasteiger partial charge in [-0.2, -0.15) is 4.31 Å². The molecule has 0 unspecified atom stereocenters. The smallest absolute Gasteiger partial charge is 0.254 e. The molecule has 34 heavy (non-hydrogen) atoms. The van der Waals surface area contributed by atoms with Gasteiger partial charge in [0.2, 0.25) is 15.9 Å². The number of fused-ring (bicyclic) bond motifs is 1. The second kappa shape index (κ2) is 9.69. The van der Waals surface area contributed by atoms with Crippen LogP contribution in [0.5, 0.6) is 0 Å². The molecule has 0 fully saturated rings. The van der Waals surface area contributed by atoms with Crippen LogP contribution in [0.2, 0.25) is 0 Å². The zero-order chi connectivity index (χ0) is 24.5. The number of carbonyl (C=O) groups excluding carboxylic acids is 2. The molecule has 0 atom stereocenters. The van der Waals surface area contributed by atoms with Crippen LogP contribution in [0.4, 0.5) is 5.69 Å². The third-order valence-electron chi connectivity index (χ3n) is 6.10. The van der Waals surface area contributed by atoms with Crippen molar-refractivity contribution in [3.05, 3.63) is 81.0 Å². The highest BCUT2D eigenvalue weighted by molar-refractivity contribution is 7.89. The highest BCUT2D eigenvalue weighted by Crippen LogP contribution is 2.28. The number of nitrogens with zero attached hydrogens (tertiary/aromatic N) is 2. The molecule has 1 N–H and O–H groups in total. The van der Waals surface area contributed by atoms with Crippen LogP contribution < -0.4 is 5.32 Å². The molecule has 3 aromatic rings. The van der Waals surface area contributed by atoms with Gasteiger partial charge in [0, 0.05) is 36.3 Å². The molecular weight excluding hydrogens is 470 g/mol. The minimum atomic E-state index is -3.75. The Balaban J connectivity index is 1.46. The van der Waals surface area contributed by atoms with Crippen molar-refractivity contribution in [3.63, 3.8) is 0 Å². The fourth-order valence-electron chi connectivity index (χ4n) is 3.95. The van der Waals surface area contributed by atoms with Gasteiger partial charge in [0.25, 0.3) is 5.91 Å². The summed E-state index contributed by atoms with van der Waals surface area (Å²) in [5, 5.41) is 4.82. The van der Waals surface area contributed by atoms with Gasteiger partial charge in [-0.05, 0) is 72.7 Å². The van der Waals surface area contributed by atoms with Crippen molar-refractivity contribution in [1.29, 1.82) is 0 Å². The van der Waals surface area contributed by atoms with Crippen LogP contribution in [0.1, 0.15) is 31.9 Å². The fourth-order valence-corrected chi connectivity index (χ4v) is 6.31. The molecule has 2 heterocycles. The zero-order valence-corrected chi connectivity index (χ0v) is 21.0. The van der Waals surface area contributed by atoms with E-state index in [2.05, 4.69) is 5.32 Å². The van der Waals surface area contributed by atoms with Gasteiger partial charge in [-0.25, -0.2) is 8.42 Å². The largest absolute Gasteiger partial charge is 0.332 e. The Morgan fingerprint density at radius 1 is 1.12 bits per heavy atom. The summed E-state index contributed by atoms with van der Waals surface area (Å²) in [6.07, 6.45) is 0.684. The number of hydrogen-bond acceptors (Lipinski definition) is 5. The summed E-state index contributed by atoms with van der Waals surface area (Å²) in [6.45, 7) is 4.47. The number of carbonyl (C=O) groups is 2. The molecule has 0 aliphatic carbocycles. The van der Waals surface area contributed by atoms with Crippen LogP contribution >= 0.6 is 11.3 Å². The van der Waals surface area contributed by atoms with Gasteiger partial charge in [0.15, 0.2) is 0 Å². The first-order valence-corrected chi connectivity index (χ1v) is 13.3. The number of aryl methyl sites for hydroxylation is 1. The van der Waals surface area contributed by atoms with Gasteiger partial charge >= 0.3 is 0 Å². The highest BCUT2D eigenvalue weighted by atomic mass is 32.2. The lowest BCUT2D eigenvalue weighted by atomic mass is 10.1. The molecule has 0 saturated heterocycles. The number of thiophene rings is 1. The quantitative estimate of drug-likeness (QED) is 0.561. The SMILES string of the molecule is Cc1cccc(NC(=O)CN(C)C(=O)c2cccc(S(=O)(=O)N3CCc4sccc4C3)c2)c1C. The van der Waals surface area contributed by atoms with E-state index in [-0.39, 0.29) is 22.9 Å². The number of anilines is 1.